The Hall–Kier alpha value is -1.78. The molecule has 0 heterocycles. The molecule has 0 amide bonds. The van der Waals surface area contributed by atoms with Gasteiger partial charge in [0.15, 0.2) is 6.10 Å². The third-order valence-electron chi connectivity index (χ3n) is 8.26. The highest BCUT2D eigenvalue weighted by molar-refractivity contribution is 7.47. The maximum Gasteiger partial charge on any atom is 0.472 e. The van der Waals surface area contributed by atoms with Crippen LogP contribution in [0.5, 0.6) is 0 Å². The number of rotatable bonds is 36. The fraction of sp³-hybridized carbons (Fsp3) is 0.865. The summed E-state index contributed by atoms with van der Waals surface area (Å²) in [5, 5.41) is 8.85. The zero-order valence-corrected chi connectivity index (χ0v) is 31.7. The number of carbonyl (C=O) groups is 3. The Morgan fingerprint density at radius 1 is 0.612 bits per heavy atom. The van der Waals surface area contributed by atoms with Crippen LogP contribution in [0.3, 0.4) is 0 Å². The Morgan fingerprint density at radius 3 is 1.49 bits per heavy atom. The molecule has 0 aromatic rings. The Kier molecular flexibility index (Phi) is 32.2. The van der Waals surface area contributed by atoms with Crippen LogP contribution in [-0.2, 0) is 37.5 Å². The van der Waals surface area contributed by atoms with Crippen molar-refractivity contribution in [1.29, 1.82) is 0 Å². The lowest BCUT2D eigenvalue weighted by Gasteiger charge is -2.20. The van der Waals surface area contributed by atoms with Crippen LogP contribution in [0.15, 0.2) is 12.2 Å². The molecular formula is C37H70NO10P. The van der Waals surface area contributed by atoms with Gasteiger partial charge >= 0.3 is 25.7 Å². The molecule has 49 heavy (non-hydrogen) atoms. The van der Waals surface area contributed by atoms with Gasteiger partial charge in [0.1, 0.15) is 12.6 Å². The van der Waals surface area contributed by atoms with Crippen LogP contribution in [0, 0.1) is 0 Å². The quantitative estimate of drug-likeness (QED) is 0.0244. The number of carboxylic acids is 1. The highest BCUT2D eigenvalue weighted by Gasteiger charge is 2.28. The van der Waals surface area contributed by atoms with Crippen molar-refractivity contribution >= 4 is 25.7 Å². The number of unbranched alkanes of at least 4 members (excludes halogenated alkanes) is 20. The van der Waals surface area contributed by atoms with Gasteiger partial charge in [0, 0.05) is 12.8 Å². The summed E-state index contributed by atoms with van der Waals surface area (Å²) >= 11 is 0. The molecule has 0 radical (unpaired) electrons. The summed E-state index contributed by atoms with van der Waals surface area (Å²) in [6, 6.07) is -1.52. The number of carbonyl (C=O) groups excluding carboxylic acids is 2. The lowest BCUT2D eigenvalue weighted by molar-refractivity contribution is -0.161. The number of esters is 2. The summed E-state index contributed by atoms with van der Waals surface area (Å²) in [5.41, 5.74) is 5.31. The number of aliphatic carboxylic acids is 1. The average Bonchev–Trinajstić information content (AvgIpc) is 3.07. The summed E-state index contributed by atoms with van der Waals surface area (Å²) in [5.74, 6) is -2.39. The third-order valence-corrected chi connectivity index (χ3v) is 9.21. The minimum Gasteiger partial charge on any atom is -0.480 e. The first-order valence-corrected chi connectivity index (χ1v) is 20.7. The third kappa shape index (κ3) is 33.1. The second-order valence-electron chi connectivity index (χ2n) is 13.1. The van der Waals surface area contributed by atoms with Crippen LogP contribution in [0.1, 0.15) is 174 Å². The summed E-state index contributed by atoms with van der Waals surface area (Å²) in [4.78, 5) is 45.7. The second kappa shape index (κ2) is 33.4. The summed E-state index contributed by atoms with van der Waals surface area (Å²) in [6.45, 7) is 2.76. The van der Waals surface area contributed by atoms with E-state index in [0.717, 1.165) is 57.8 Å². The molecule has 0 saturated carbocycles. The number of hydrogen-bond acceptors (Lipinski definition) is 9. The first kappa shape index (κ1) is 47.2. The predicted octanol–water partition coefficient (Wildman–Crippen LogP) is 9.34. The number of allylic oxidation sites excluding steroid dienone is 2. The van der Waals surface area contributed by atoms with Gasteiger partial charge in [0.05, 0.1) is 13.2 Å². The van der Waals surface area contributed by atoms with E-state index in [1.165, 1.54) is 77.0 Å². The molecule has 0 rings (SSSR count). The topological polar surface area (TPSA) is 172 Å². The van der Waals surface area contributed by atoms with E-state index in [9.17, 15) is 23.8 Å². The number of carboxylic acid groups (broad SMARTS) is 1. The van der Waals surface area contributed by atoms with Gasteiger partial charge in [-0.05, 0) is 38.5 Å². The van der Waals surface area contributed by atoms with Gasteiger partial charge in [-0.25, -0.2) is 4.57 Å². The number of phosphoric ester groups is 1. The zero-order valence-electron chi connectivity index (χ0n) is 30.8. The molecule has 11 nitrogen and oxygen atoms in total. The van der Waals surface area contributed by atoms with Crippen LogP contribution in [-0.4, -0.2) is 59.9 Å². The summed E-state index contributed by atoms with van der Waals surface area (Å²) in [6.07, 6.45) is 30.0. The standard InChI is InChI=1S/C37H70NO10P/c1-3-5-7-9-11-13-15-16-17-18-19-21-23-25-27-29-36(40)48-33(31-46-49(43,44)47-32-34(38)37(41)42)30-45-35(39)28-26-24-22-20-14-12-10-8-6-4-2/h16-17,33-34H,3-15,18-32,38H2,1-2H3,(H,41,42)(H,43,44)/b17-16+/t33-,34+/m1/s1. The molecule has 0 aromatic carbocycles. The highest BCUT2D eigenvalue weighted by Crippen LogP contribution is 2.43. The van der Waals surface area contributed by atoms with Crippen molar-refractivity contribution < 1.29 is 47.5 Å². The van der Waals surface area contributed by atoms with Crippen LogP contribution < -0.4 is 5.73 Å². The van der Waals surface area contributed by atoms with E-state index in [-0.39, 0.29) is 19.4 Å². The normalized spacial score (nSPS) is 14.0. The molecule has 0 aromatic heterocycles. The molecule has 0 saturated heterocycles. The number of hydrogen-bond donors (Lipinski definition) is 3. The molecule has 288 valence electrons. The predicted molar refractivity (Wildman–Crippen MR) is 194 cm³/mol. The van der Waals surface area contributed by atoms with Gasteiger partial charge in [0.25, 0.3) is 0 Å². The first-order chi connectivity index (χ1) is 23.6. The Labute approximate surface area is 297 Å². The Morgan fingerprint density at radius 2 is 1.02 bits per heavy atom. The van der Waals surface area contributed by atoms with Crippen molar-refractivity contribution in [3.63, 3.8) is 0 Å². The van der Waals surface area contributed by atoms with Gasteiger partial charge < -0.3 is 25.2 Å². The molecule has 12 heteroatoms. The maximum atomic E-state index is 12.5. The monoisotopic (exact) mass is 719 g/mol. The molecule has 0 aliphatic heterocycles. The van der Waals surface area contributed by atoms with E-state index >= 15 is 0 Å². The van der Waals surface area contributed by atoms with E-state index in [0.29, 0.717) is 12.8 Å². The minimum absolute atomic E-state index is 0.155. The molecule has 0 aliphatic carbocycles. The van der Waals surface area contributed by atoms with Crippen molar-refractivity contribution in [2.75, 3.05) is 19.8 Å². The fourth-order valence-corrected chi connectivity index (χ4v) is 5.95. The van der Waals surface area contributed by atoms with E-state index in [2.05, 4.69) is 30.5 Å². The van der Waals surface area contributed by atoms with E-state index in [4.69, 9.17) is 24.8 Å². The van der Waals surface area contributed by atoms with E-state index in [1.54, 1.807) is 0 Å². The van der Waals surface area contributed by atoms with Gasteiger partial charge in [-0.2, -0.15) is 0 Å². The fourth-order valence-electron chi connectivity index (χ4n) is 5.18. The van der Waals surface area contributed by atoms with Crippen LogP contribution in [0.4, 0.5) is 0 Å². The largest absolute Gasteiger partial charge is 0.480 e. The van der Waals surface area contributed by atoms with Crippen LogP contribution >= 0.6 is 7.82 Å². The smallest absolute Gasteiger partial charge is 0.472 e. The summed E-state index contributed by atoms with van der Waals surface area (Å²) < 4.78 is 32.5. The lowest BCUT2D eigenvalue weighted by atomic mass is 10.1. The van der Waals surface area contributed by atoms with Crippen molar-refractivity contribution in [1.82, 2.24) is 0 Å². The Balaban J connectivity index is 4.43. The van der Waals surface area contributed by atoms with E-state index < -0.39 is 51.1 Å². The van der Waals surface area contributed by atoms with Gasteiger partial charge in [-0.1, -0.05) is 135 Å². The average molecular weight is 720 g/mol. The maximum absolute atomic E-state index is 12.5. The molecular weight excluding hydrogens is 649 g/mol. The first-order valence-electron chi connectivity index (χ1n) is 19.2. The molecule has 0 bridgehead atoms. The zero-order chi connectivity index (χ0) is 36.4. The van der Waals surface area contributed by atoms with Gasteiger partial charge in [-0.3, -0.25) is 23.4 Å². The minimum atomic E-state index is -4.70. The molecule has 0 spiro atoms. The number of nitrogens with two attached hydrogens (primary N) is 1. The van der Waals surface area contributed by atoms with Gasteiger partial charge in [-0.15, -0.1) is 0 Å². The Bertz CT molecular complexity index is 900. The highest BCUT2D eigenvalue weighted by atomic mass is 31.2. The molecule has 0 fully saturated rings. The van der Waals surface area contributed by atoms with Crippen molar-refractivity contribution in [3.05, 3.63) is 12.2 Å². The van der Waals surface area contributed by atoms with Crippen molar-refractivity contribution in [3.8, 4) is 0 Å². The lowest BCUT2D eigenvalue weighted by Crippen LogP contribution is -2.34. The molecule has 4 N–H and O–H groups in total. The van der Waals surface area contributed by atoms with Crippen LogP contribution in [0.2, 0.25) is 0 Å². The van der Waals surface area contributed by atoms with Gasteiger partial charge in [0.2, 0.25) is 0 Å². The summed E-state index contributed by atoms with van der Waals surface area (Å²) in [7, 11) is -4.70. The second-order valence-corrected chi connectivity index (χ2v) is 14.5. The molecule has 1 unspecified atom stereocenters. The number of phosphoric acid groups is 1. The number of ether oxygens (including phenoxy) is 2. The van der Waals surface area contributed by atoms with Crippen molar-refractivity contribution in [2.24, 2.45) is 5.73 Å². The molecule has 3 atom stereocenters. The van der Waals surface area contributed by atoms with E-state index in [1.807, 2.05) is 0 Å². The SMILES string of the molecule is CCCCCCCC/C=C/CCCCCCCC(=O)O[C@H](COC(=O)CCCCCCCCCCCC)COP(=O)(O)OC[C@H](N)C(=O)O. The van der Waals surface area contributed by atoms with Crippen molar-refractivity contribution in [2.45, 2.75) is 187 Å². The molecule has 0 aliphatic rings. The van der Waals surface area contributed by atoms with Crippen LogP contribution in [0.25, 0.3) is 0 Å².